The second-order valence-electron chi connectivity index (χ2n) is 3.65. The molecular weight excluding hydrogens is 122 g/mol. The van der Waals surface area contributed by atoms with Crippen molar-refractivity contribution in [3.8, 4) is 0 Å². The van der Waals surface area contributed by atoms with Crippen LogP contribution in [0.15, 0.2) is 0 Å². The molecule has 0 aromatic rings. The molecule has 1 heteroatoms. The fraction of sp³-hybridized carbons (Fsp3) is 1.00. The molecule has 1 fully saturated rings. The lowest BCUT2D eigenvalue weighted by molar-refractivity contribution is -0.727. The highest BCUT2D eigenvalue weighted by Gasteiger charge is 2.19. The maximum absolute atomic E-state index is 2.56. The van der Waals surface area contributed by atoms with Gasteiger partial charge in [-0.1, -0.05) is 13.3 Å². The minimum absolute atomic E-state index is 0.894. The van der Waals surface area contributed by atoms with Gasteiger partial charge in [-0.05, 0) is 32.6 Å². The van der Waals surface area contributed by atoms with E-state index in [0.717, 1.165) is 12.1 Å². The second-order valence-corrected chi connectivity index (χ2v) is 3.65. The van der Waals surface area contributed by atoms with Gasteiger partial charge in [0.1, 0.15) is 0 Å². The van der Waals surface area contributed by atoms with Crippen LogP contribution in [0.1, 0.15) is 46.0 Å². The summed E-state index contributed by atoms with van der Waals surface area (Å²) in [7, 11) is 0. The Morgan fingerprint density at radius 2 is 2.20 bits per heavy atom. The molecule has 0 saturated carbocycles. The number of hydrogen-bond acceptors (Lipinski definition) is 0. The Kier molecular flexibility index (Phi) is 3.20. The number of hydrogen-bond donors (Lipinski definition) is 1. The summed E-state index contributed by atoms with van der Waals surface area (Å²) in [5.74, 6) is 0. The van der Waals surface area contributed by atoms with E-state index in [1.54, 1.807) is 0 Å². The fourth-order valence-electron chi connectivity index (χ4n) is 1.97. The van der Waals surface area contributed by atoms with Crippen molar-refractivity contribution in [3.63, 3.8) is 0 Å². The fourth-order valence-corrected chi connectivity index (χ4v) is 1.97. The van der Waals surface area contributed by atoms with Gasteiger partial charge in [-0.15, -0.1) is 0 Å². The SMILES string of the molecule is CCC[C@@H]1CCC[C@H](C)[NH2+]1. The summed E-state index contributed by atoms with van der Waals surface area (Å²) in [6.45, 7) is 4.63. The van der Waals surface area contributed by atoms with Crippen LogP contribution in [0, 0.1) is 0 Å². The van der Waals surface area contributed by atoms with E-state index in [2.05, 4.69) is 19.2 Å². The van der Waals surface area contributed by atoms with E-state index < -0.39 is 0 Å². The summed E-state index contributed by atoms with van der Waals surface area (Å²) in [6, 6.07) is 1.85. The molecule has 1 aliphatic rings. The van der Waals surface area contributed by atoms with E-state index in [0.29, 0.717) is 0 Å². The smallest absolute Gasteiger partial charge is 0.0861 e. The third-order valence-electron chi connectivity index (χ3n) is 2.49. The highest BCUT2D eigenvalue weighted by molar-refractivity contribution is 4.62. The lowest BCUT2D eigenvalue weighted by Gasteiger charge is -2.24. The van der Waals surface area contributed by atoms with E-state index >= 15 is 0 Å². The molecule has 60 valence electrons. The molecule has 2 atom stereocenters. The first-order valence-electron chi connectivity index (χ1n) is 4.68. The van der Waals surface area contributed by atoms with Crippen molar-refractivity contribution in [2.75, 3.05) is 0 Å². The summed E-state index contributed by atoms with van der Waals surface area (Å²) >= 11 is 0. The molecule has 0 unspecified atom stereocenters. The van der Waals surface area contributed by atoms with Crippen molar-refractivity contribution in [2.24, 2.45) is 0 Å². The summed E-state index contributed by atoms with van der Waals surface area (Å²) in [5.41, 5.74) is 0. The van der Waals surface area contributed by atoms with E-state index in [-0.39, 0.29) is 0 Å². The number of quaternary nitrogens is 1. The first-order valence-corrected chi connectivity index (χ1v) is 4.68. The molecule has 0 amide bonds. The van der Waals surface area contributed by atoms with Crippen LogP contribution < -0.4 is 5.32 Å². The Labute approximate surface area is 64.2 Å². The van der Waals surface area contributed by atoms with Crippen molar-refractivity contribution >= 4 is 0 Å². The van der Waals surface area contributed by atoms with Crippen LogP contribution in [0.4, 0.5) is 0 Å². The summed E-state index contributed by atoms with van der Waals surface area (Å²) in [5, 5.41) is 2.56. The third-order valence-corrected chi connectivity index (χ3v) is 2.49. The van der Waals surface area contributed by atoms with Gasteiger partial charge in [0.2, 0.25) is 0 Å². The van der Waals surface area contributed by atoms with Crippen molar-refractivity contribution < 1.29 is 5.32 Å². The van der Waals surface area contributed by atoms with E-state index in [9.17, 15) is 0 Å². The maximum atomic E-state index is 2.56. The number of nitrogens with two attached hydrogens (primary N) is 1. The van der Waals surface area contributed by atoms with Crippen molar-refractivity contribution in [1.82, 2.24) is 0 Å². The summed E-state index contributed by atoms with van der Waals surface area (Å²) in [4.78, 5) is 0. The van der Waals surface area contributed by atoms with Gasteiger partial charge in [-0.25, -0.2) is 0 Å². The molecule has 1 aliphatic heterocycles. The van der Waals surface area contributed by atoms with Crippen LogP contribution in [-0.2, 0) is 0 Å². The monoisotopic (exact) mass is 142 g/mol. The number of piperidine rings is 1. The Bertz CT molecular complexity index is 88.7. The second kappa shape index (κ2) is 3.97. The highest BCUT2D eigenvalue weighted by atomic mass is 15.0. The van der Waals surface area contributed by atoms with Gasteiger partial charge in [0.05, 0.1) is 12.1 Å². The Morgan fingerprint density at radius 3 is 2.80 bits per heavy atom. The van der Waals surface area contributed by atoms with E-state index in [4.69, 9.17) is 0 Å². The molecule has 0 aliphatic carbocycles. The van der Waals surface area contributed by atoms with E-state index in [1.807, 2.05) is 0 Å². The average molecular weight is 142 g/mol. The normalized spacial score (nSPS) is 34.2. The zero-order chi connectivity index (χ0) is 7.40. The zero-order valence-corrected chi connectivity index (χ0v) is 7.27. The average Bonchev–Trinajstić information content (AvgIpc) is 1.88. The van der Waals surface area contributed by atoms with Crippen LogP contribution in [-0.4, -0.2) is 12.1 Å². The predicted octanol–water partition coefficient (Wildman–Crippen LogP) is 1.29. The number of rotatable bonds is 2. The first kappa shape index (κ1) is 8.06. The quantitative estimate of drug-likeness (QED) is 0.598. The Balaban J connectivity index is 2.18. The first-order chi connectivity index (χ1) is 4.83. The minimum atomic E-state index is 0.894. The molecule has 1 saturated heterocycles. The maximum Gasteiger partial charge on any atom is 0.0861 e. The third kappa shape index (κ3) is 2.30. The minimum Gasteiger partial charge on any atom is -0.342 e. The Hall–Kier alpha value is -0.0400. The van der Waals surface area contributed by atoms with Gasteiger partial charge in [0.15, 0.2) is 0 Å². The van der Waals surface area contributed by atoms with Gasteiger partial charge >= 0.3 is 0 Å². The van der Waals surface area contributed by atoms with E-state index in [1.165, 1.54) is 32.1 Å². The molecule has 1 rings (SSSR count). The van der Waals surface area contributed by atoms with Gasteiger partial charge in [0, 0.05) is 0 Å². The largest absolute Gasteiger partial charge is 0.342 e. The molecule has 0 spiro atoms. The van der Waals surface area contributed by atoms with Gasteiger partial charge in [0.25, 0.3) is 0 Å². The highest BCUT2D eigenvalue weighted by Crippen LogP contribution is 2.09. The standard InChI is InChI=1S/C9H19N/c1-3-5-9-7-4-6-8(2)10-9/h8-10H,3-7H2,1-2H3/p+1/t8-,9+/m0/s1. The topological polar surface area (TPSA) is 16.6 Å². The lowest BCUT2D eigenvalue weighted by atomic mass is 9.97. The van der Waals surface area contributed by atoms with Crippen LogP contribution in [0.5, 0.6) is 0 Å². The van der Waals surface area contributed by atoms with Crippen LogP contribution in [0.3, 0.4) is 0 Å². The molecule has 1 heterocycles. The lowest BCUT2D eigenvalue weighted by Crippen LogP contribution is -2.95. The molecule has 1 nitrogen and oxygen atoms in total. The molecule has 0 radical (unpaired) electrons. The van der Waals surface area contributed by atoms with Crippen molar-refractivity contribution in [3.05, 3.63) is 0 Å². The molecule has 0 aromatic heterocycles. The van der Waals surface area contributed by atoms with Gasteiger partial charge in [-0.3, -0.25) is 0 Å². The van der Waals surface area contributed by atoms with Crippen molar-refractivity contribution in [2.45, 2.75) is 58.0 Å². The van der Waals surface area contributed by atoms with Crippen LogP contribution >= 0.6 is 0 Å². The van der Waals surface area contributed by atoms with Crippen LogP contribution in [0.25, 0.3) is 0 Å². The molecule has 10 heavy (non-hydrogen) atoms. The Morgan fingerprint density at radius 1 is 1.40 bits per heavy atom. The van der Waals surface area contributed by atoms with Gasteiger partial charge in [-0.2, -0.15) is 0 Å². The summed E-state index contributed by atoms with van der Waals surface area (Å²) in [6.07, 6.45) is 7.12. The predicted molar refractivity (Wildman–Crippen MR) is 43.9 cm³/mol. The summed E-state index contributed by atoms with van der Waals surface area (Å²) < 4.78 is 0. The van der Waals surface area contributed by atoms with Crippen molar-refractivity contribution in [1.29, 1.82) is 0 Å². The van der Waals surface area contributed by atoms with Gasteiger partial charge < -0.3 is 5.32 Å². The molecule has 0 bridgehead atoms. The molecule has 2 N–H and O–H groups in total. The van der Waals surface area contributed by atoms with Crippen LogP contribution in [0.2, 0.25) is 0 Å². The zero-order valence-electron chi connectivity index (χ0n) is 7.27. The molecule has 0 aromatic carbocycles. The molecular formula is C9H20N+.